The van der Waals surface area contributed by atoms with E-state index < -0.39 is 0 Å². The van der Waals surface area contributed by atoms with Crippen molar-refractivity contribution in [2.24, 2.45) is 0 Å². The Balaban J connectivity index is 1.44. The Bertz CT molecular complexity index is 1190. The van der Waals surface area contributed by atoms with E-state index in [0.717, 1.165) is 39.6 Å². The van der Waals surface area contributed by atoms with E-state index in [-0.39, 0.29) is 6.04 Å². The van der Waals surface area contributed by atoms with Gasteiger partial charge in [-0.1, -0.05) is 12.1 Å². The maximum atomic E-state index is 5.29. The average Bonchev–Trinajstić information content (AvgIpc) is 3.33. The number of fused-ring (bicyclic) bond motifs is 2. The van der Waals surface area contributed by atoms with Gasteiger partial charge in [0.1, 0.15) is 5.75 Å². The number of aryl methyl sites for hydroxylation is 1. The molecule has 0 bridgehead atoms. The number of pyridine rings is 1. The van der Waals surface area contributed by atoms with Crippen molar-refractivity contribution in [3.05, 3.63) is 70.4 Å². The normalized spacial score (nSPS) is 15.4. The van der Waals surface area contributed by atoms with Crippen LogP contribution in [0.15, 0.2) is 42.6 Å². The van der Waals surface area contributed by atoms with Gasteiger partial charge in [0.25, 0.3) is 0 Å². The van der Waals surface area contributed by atoms with Crippen molar-refractivity contribution in [2.45, 2.75) is 19.4 Å². The molecule has 4 heterocycles. The van der Waals surface area contributed by atoms with Gasteiger partial charge < -0.3 is 10.2 Å². The summed E-state index contributed by atoms with van der Waals surface area (Å²) in [6.45, 7) is 2.01. The molecule has 0 aliphatic carbocycles. The number of rotatable bonds is 4. The van der Waals surface area contributed by atoms with E-state index in [2.05, 4.69) is 49.3 Å². The maximum Gasteiger partial charge on any atom is 0.175 e. The zero-order chi connectivity index (χ0) is 19.1. The third-order valence-corrected chi connectivity index (χ3v) is 5.69. The molecular formula is C20H18N6OS. The number of ether oxygens (including phenoxy) is 1. The monoisotopic (exact) mass is 390 g/mol. The minimum atomic E-state index is 0.0681. The minimum Gasteiger partial charge on any atom is -0.495 e. The second-order valence-electron chi connectivity index (χ2n) is 6.73. The number of aromatic nitrogens is 5. The molecule has 140 valence electrons. The van der Waals surface area contributed by atoms with Gasteiger partial charge in [0.15, 0.2) is 11.6 Å². The number of hydrogen-bond donors (Lipinski definition) is 1. The molecule has 0 saturated carbocycles. The van der Waals surface area contributed by atoms with Gasteiger partial charge >= 0.3 is 0 Å². The molecule has 1 aliphatic heterocycles. The van der Waals surface area contributed by atoms with E-state index in [4.69, 9.17) is 4.74 Å². The largest absolute Gasteiger partial charge is 0.495 e. The first-order valence-electron chi connectivity index (χ1n) is 8.94. The van der Waals surface area contributed by atoms with Crippen LogP contribution in [-0.4, -0.2) is 31.3 Å². The van der Waals surface area contributed by atoms with Crippen LogP contribution in [0.2, 0.25) is 0 Å². The van der Waals surface area contributed by atoms with Crippen molar-refractivity contribution < 1.29 is 4.74 Å². The lowest BCUT2D eigenvalue weighted by Gasteiger charge is -2.21. The molecule has 4 aromatic rings. The van der Waals surface area contributed by atoms with Crippen LogP contribution >= 0.6 is 11.5 Å². The second kappa shape index (κ2) is 6.72. The first-order valence-corrected chi connectivity index (χ1v) is 9.72. The van der Waals surface area contributed by atoms with Crippen LogP contribution in [0, 0.1) is 6.92 Å². The van der Waals surface area contributed by atoms with E-state index in [0.29, 0.717) is 6.42 Å². The van der Waals surface area contributed by atoms with Crippen LogP contribution in [0.3, 0.4) is 0 Å². The second-order valence-corrected chi connectivity index (χ2v) is 7.56. The summed E-state index contributed by atoms with van der Waals surface area (Å²) in [5, 5.41) is 9.72. The first kappa shape index (κ1) is 16.9. The Kier molecular flexibility index (Phi) is 4.05. The molecule has 8 heteroatoms. The summed E-state index contributed by atoms with van der Waals surface area (Å²) in [6, 6.07) is 10.4. The number of benzene rings is 1. The summed E-state index contributed by atoms with van der Waals surface area (Å²) in [4.78, 5) is 5.59. The fraction of sp³-hybridized carbons (Fsp3) is 0.200. The van der Waals surface area contributed by atoms with Gasteiger partial charge in [0.2, 0.25) is 0 Å². The topological polar surface area (TPSA) is 77.8 Å². The highest BCUT2D eigenvalue weighted by Crippen LogP contribution is 2.26. The van der Waals surface area contributed by atoms with E-state index in [1.807, 2.05) is 29.8 Å². The van der Waals surface area contributed by atoms with Crippen LogP contribution in [0.25, 0.3) is 17.0 Å². The van der Waals surface area contributed by atoms with Gasteiger partial charge in [0, 0.05) is 11.8 Å². The van der Waals surface area contributed by atoms with Crippen LogP contribution in [0.1, 0.15) is 33.8 Å². The lowest BCUT2D eigenvalue weighted by molar-refractivity contribution is 0.414. The molecule has 0 spiro atoms. The van der Waals surface area contributed by atoms with Crippen molar-refractivity contribution in [1.82, 2.24) is 24.2 Å². The predicted octanol–water partition coefficient (Wildman–Crippen LogP) is 3.50. The molecule has 0 amide bonds. The fourth-order valence-electron chi connectivity index (χ4n) is 3.31. The highest BCUT2D eigenvalue weighted by Gasteiger charge is 2.20. The molecule has 0 saturated heterocycles. The highest BCUT2D eigenvalue weighted by atomic mass is 32.1. The Morgan fingerprint density at radius 1 is 1.21 bits per heavy atom. The molecule has 1 unspecified atom stereocenters. The maximum absolute atomic E-state index is 5.29. The quantitative estimate of drug-likeness (QED) is 0.575. The fourth-order valence-corrected chi connectivity index (χ4v) is 4.08. The van der Waals surface area contributed by atoms with Gasteiger partial charge in [-0.2, -0.15) is 4.37 Å². The molecule has 3 aromatic heterocycles. The van der Waals surface area contributed by atoms with Gasteiger partial charge in [-0.05, 0) is 54.4 Å². The van der Waals surface area contributed by atoms with Crippen molar-refractivity contribution in [3.63, 3.8) is 0 Å². The first-order chi connectivity index (χ1) is 13.7. The SMILES string of the molecule is COc1cnc2ccc(Cc3nnc4n3NC(c3cc(C)ns3)C=C4)cc2c1. The third kappa shape index (κ3) is 3.01. The molecule has 7 nitrogen and oxygen atoms in total. The smallest absolute Gasteiger partial charge is 0.175 e. The van der Waals surface area contributed by atoms with Crippen LogP contribution in [0.4, 0.5) is 0 Å². The molecule has 1 N–H and O–H groups in total. The Hall–Kier alpha value is -3.26. The summed E-state index contributed by atoms with van der Waals surface area (Å²) in [5.74, 6) is 2.41. The minimum absolute atomic E-state index is 0.0681. The van der Waals surface area contributed by atoms with Crippen LogP contribution in [-0.2, 0) is 6.42 Å². The van der Waals surface area contributed by atoms with Crippen molar-refractivity contribution in [1.29, 1.82) is 0 Å². The molecule has 28 heavy (non-hydrogen) atoms. The van der Waals surface area contributed by atoms with Crippen LogP contribution < -0.4 is 10.2 Å². The summed E-state index contributed by atoms with van der Waals surface area (Å²) < 4.78 is 11.6. The molecule has 1 aliphatic rings. The molecular weight excluding hydrogens is 372 g/mol. The molecule has 0 fully saturated rings. The highest BCUT2D eigenvalue weighted by molar-refractivity contribution is 7.05. The lowest BCUT2D eigenvalue weighted by Crippen LogP contribution is -2.25. The van der Waals surface area contributed by atoms with Crippen molar-refractivity contribution in [3.8, 4) is 5.75 Å². The molecule has 1 atom stereocenters. The van der Waals surface area contributed by atoms with Gasteiger partial charge in [-0.15, -0.1) is 10.2 Å². The van der Waals surface area contributed by atoms with Crippen molar-refractivity contribution >= 4 is 28.5 Å². The summed E-state index contributed by atoms with van der Waals surface area (Å²) in [6.07, 6.45) is 6.49. The zero-order valence-electron chi connectivity index (χ0n) is 15.5. The van der Waals surface area contributed by atoms with E-state index in [1.165, 1.54) is 16.4 Å². The molecule has 5 rings (SSSR count). The average molecular weight is 390 g/mol. The Morgan fingerprint density at radius 3 is 2.96 bits per heavy atom. The third-order valence-electron chi connectivity index (χ3n) is 4.73. The van der Waals surface area contributed by atoms with Gasteiger partial charge in [-0.25, -0.2) is 4.68 Å². The lowest BCUT2D eigenvalue weighted by atomic mass is 10.1. The summed E-state index contributed by atoms with van der Waals surface area (Å²) in [7, 11) is 1.65. The number of nitrogens with one attached hydrogen (secondary N) is 1. The number of nitrogens with zero attached hydrogens (tertiary/aromatic N) is 5. The van der Waals surface area contributed by atoms with E-state index in [9.17, 15) is 0 Å². The summed E-state index contributed by atoms with van der Waals surface area (Å²) >= 11 is 1.51. The predicted molar refractivity (Wildman–Crippen MR) is 109 cm³/mol. The molecule has 1 aromatic carbocycles. The van der Waals surface area contributed by atoms with Crippen LogP contribution in [0.5, 0.6) is 5.75 Å². The van der Waals surface area contributed by atoms with E-state index in [1.54, 1.807) is 13.3 Å². The standard InChI is InChI=1S/C20H18N6OS/c1-12-7-18(28-25-12)17-5-6-19-22-23-20(26(19)24-17)9-13-3-4-16-14(8-13)10-15(27-2)11-21-16/h3-8,10-11,17,24H,9H2,1-2H3. The summed E-state index contributed by atoms with van der Waals surface area (Å²) in [5.41, 5.74) is 6.60. The zero-order valence-corrected chi connectivity index (χ0v) is 16.3. The Labute approximate surface area is 165 Å². The molecule has 0 radical (unpaired) electrons. The number of methoxy groups -OCH3 is 1. The van der Waals surface area contributed by atoms with Gasteiger partial charge in [0.05, 0.1) is 35.4 Å². The van der Waals surface area contributed by atoms with Crippen molar-refractivity contribution in [2.75, 3.05) is 12.5 Å². The number of hydrogen-bond acceptors (Lipinski definition) is 7. The Morgan fingerprint density at radius 2 is 2.14 bits per heavy atom. The van der Waals surface area contributed by atoms with Gasteiger partial charge in [-0.3, -0.25) is 4.98 Å². The van der Waals surface area contributed by atoms with E-state index >= 15 is 0 Å².